The van der Waals surface area contributed by atoms with Crippen molar-refractivity contribution < 1.29 is 36.6 Å². The monoisotopic (exact) mass is 542 g/mol. The zero-order chi connectivity index (χ0) is 27.7. The molecule has 3 saturated carbocycles. The summed E-state index contributed by atoms with van der Waals surface area (Å²) in [6, 6.07) is 10.8. The van der Waals surface area contributed by atoms with Crippen molar-refractivity contribution in [3.63, 3.8) is 0 Å². The van der Waals surface area contributed by atoms with Crippen LogP contribution >= 0.6 is 0 Å². The number of aromatic nitrogens is 3. The molecular weight excluding hydrogens is 523 g/mol. The number of alkyl halides is 3. The molecule has 0 aliphatic heterocycles. The molecule has 2 bridgehead atoms. The summed E-state index contributed by atoms with van der Waals surface area (Å²) in [4.78, 5) is 25.0. The van der Waals surface area contributed by atoms with Crippen molar-refractivity contribution in [2.75, 3.05) is 0 Å². The highest BCUT2D eigenvalue weighted by atomic mass is 19.4. The Morgan fingerprint density at radius 2 is 1.64 bits per heavy atom. The first-order valence-electron chi connectivity index (χ1n) is 11.9. The molecule has 1 heterocycles. The summed E-state index contributed by atoms with van der Waals surface area (Å²) in [5.41, 5.74) is -0.471. The van der Waals surface area contributed by atoms with Gasteiger partial charge in [0.05, 0.1) is 23.1 Å². The van der Waals surface area contributed by atoms with Crippen molar-refractivity contribution in [2.24, 2.45) is 5.41 Å². The third kappa shape index (κ3) is 4.10. The van der Waals surface area contributed by atoms with Gasteiger partial charge in [0.15, 0.2) is 11.6 Å². The second-order valence-electron chi connectivity index (χ2n) is 10.3. The molecule has 3 aliphatic rings. The molecule has 0 spiro atoms. The number of nitrogens with zero attached hydrogens (tertiary/aromatic N) is 3. The molecule has 3 aromatic carbocycles. The van der Waals surface area contributed by atoms with Crippen LogP contribution in [0.4, 0.5) is 22.0 Å². The van der Waals surface area contributed by atoms with Crippen LogP contribution in [0.15, 0.2) is 54.6 Å². The SMILES string of the molecule is O=C(NC12CC(C(=O)O)(C1)C2)c1cc(-c2ccc(F)c(F)c2)cc2nnn(Cc3ccc(C(F)(F)F)cc3)c12. The van der Waals surface area contributed by atoms with E-state index in [-0.39, 0.29) is 23.2 Å². The Bertz CT molecular complexity index is 1640. The van der Waals surface area contributed by atoms with E-state index < -0.39 is 46.2 Å². The van der Waals surface area contributed by atoms with Gasteiger partial charge in [-0.05, 0) is 72.4 Å². The first-order valence-corrected chi connectivity index (χ1v) is 11.9. The van der Waals surface area contributed by atoms with Gasteiger partial charge < -0.3 is 10.4 Å². The fourth-order valence-corrected chi connectivity index (χ4v) is 5.67. The van der Waals surface area contributed by atoms with Gasteiger partial charge in [-0.15, -0.1) is 5.10 Å². The zero-order valence-electron chi connectivity index (χ0n) is 20.0. The topological polar surface area (TPSA) is 97.1 Å². The molecule has 1 amide bonds. The molecule has 12 heteroatoms. The summed E-state index contributed by atoms with van der Waals surface area (Å²) in [5, 5.41) is 20.5. The molecule has 3 aliphatic carbocycles. The Morgan fingerprint density at radius 1 is 0.949 bits per heavy atom. The zero-order valence-corrected chi connectivity index (χ0v) is 20.0. The average molecular weight is 542 g/mol. The second kappa shape index (κ2) is 8.32. The summed E-state index contributed by atoms with van der Waals surface area (Å²) < 4.78 is 67.8. The van der Waals surface area contributed by atoms with Gasteiger partial charge in [-0.3, -0.25) is 9.59 Å². The van der Waals surface area contributed by atoms with E-state index in [1.807, 2.05) is 0 Å². The molecule has 1 aromatic heterocycles. The minimum atomic E-state index is -4.49. The van der Waals surface area contributed by atoms with Crippen molar-refractivity contribution in [3.8, 4) is 11.1 Å². The quantitative estimate of drug-likeness (QED) is 0.328. The predicted molar refractivity (Wildman–Crippen MR) is 128 cm³/mol. The summed E-state index contributed by atoms with van der Waals surface area (Å²) in [7, 11) is 0. The average Bonchev–Trinajstić information content (AvgIpc) is 3.23. The van der Waals surface area contributed by atoms with E-state index in [9.17, 15) is 36.6 Å². The molecule has 0 radical (unpaired) electrons. The number of carboxylic acids is 1. The van der Waals surface area contributed by atoms with Crippen LogP contribution in [0, 0.1) is 17.0 Å². The molecule has 4 aromatic rings. The van der Waals surface area contributed by atoms with E-state index in [2.05, 4.69) is 15.6 Å². The maximum absolute atomic E-state index is 14.0. The van der Waals surface area contributed by atoms with E-state index in [0.717, 1.165) is 24.3 Å². The first-order chi connectivity index (χ1) is 18.4. The van der Waals surface area contributed by atoms with Gasteiger partial charge >= 0.3 is 12.1 Å². The molecule has 7 nitrogen and oxygen atoms in total. The summed E-state index contributed by atoms with van der Waals surface area (Å²) in [6.45, 7) is 0.00666. The fraction of sp³-hybridized carbons (Fsp3) is 0.259. The van der Waals surface area contributed by atoms with Gasteiger partial charge in [0.1, 0.15) is 11.0 Å². The Balaban J connectivity index is 1.38. The molecule has 3 fully saturated rings. The number of nitrogens with one attached hydrogen (secondary N) is 1. The number of amides is 1. The van der Waals surface area contributed by atoms with Crippen molar-refractivity contribution in [2.45, 2.75) is 37.5 Å². The molecular formula is C27H19F5N4O3. The molecule has 2 N–H and O–H groups in total. The van der Waals surface area contributed by atoms with E-state index in [1.54, 1.807) is 6.07 Å². The Hall–Kier alpha value is -4.35. The normalized spacial score (nSPS) is 21.8. The standard InChI is InChI=1S/C27H19F5N4O3/c28-19-6-3-15(8-20(19)29)16-7-18(23(37)33-26-11-25(12-26,13-26)24(38)39)22-21(9-16)34-35-36(22)10-14-1-4-17(5-2-14)27(30,31)32/h1-9H,10-13H2,(H,33,37)(H,38,39). The summed E-state index contributed by atoms with van der Waals surface area (Å²) >= 11 is 0. The van der Waals surface area contributed by atoms with Gasteiger partial charge in [0.25, 0.3) is 5.91 Å². The Kier molecular flexibility index (Phi) is 5.33. The largest absolute Gasteiger partial charge is 0.481 e. The maximum Gasteiger partial charge on any atom is 0.416 e. The van der Waals surface area contributed by atoms with Crippen molar-refractivity contribution in [3.05, 3.63) is 82.9 Å². The van der Waals surface area contributed by atoms with Crippen LogP contribution in [0.25, 0.3) is 22.2 Å². The van der Waals surface area contributed by atoms with Gasteiger partial charge in [0.2, 0.25) is 0 Å². The molecule has 0 unspecified atom stereocenters. The Morgan fingerprint density at radius 3 is 2.26 bits per heavy atom. The van der Waals surface area contributed by atoms with E-state index in [0.29, 0.717) is 35.9 Å². The van der Waals surface area contributed by atoms with E-state index >= 15 is 0 Å². The van der Waals surface area contributed by atoms with E-state index in [4.69, 9.17) is 0 Å². The summed E-state index contributed by atoms with van der Waals surface area (Å²) in [5.74, 6) is -3.53. The lowest BCUT2D eigenvalue weighted by molar-refractivity contribution is -0.196. The predicted octanol–water partition coefficient (Wildman–Crippen LogP) is 5.18. The lowest BCUT2D eigenvalue weighted by Crippen LogP contribution is -2.77. The number of carboxylic acid groups (broad SMARTS) is 1. The van der Waals surface area contributed by atoms with Crippen LogP contribution in [0.2, 0.25) is 0 Å². The molecule has 200 valence electrons. The number of benzene rings is 3. The van der Waals surface area contributed by atoms with Crippen LogP contribution in [0.1, 0.15) is 40.7 Å². The van der Waals surface area contributed by atoms with Crippen molar-refractivity contribution >= 4 is 22.9 Å². The highest BCUT2D eigenvalue weighted by Crippen LogP contribution is 2.67. The van der Waals surface area contributed by atoms with Crippen LogP contribution in [-0.4, -0.2) is 37.5 Å². The van der Waals surface area contributed by atoms with Crippen LogP contribution in [-0.2, 0) is 17.5 Å². The number of hydrogen-bond acceptors (Lipinski definition) is 4. The first kappa shape index (κ1) is 25.0. The molecule has 39 heavy (non-hydrogen) atoms. The third-order valence-electron chi connectivity index (χ3n) is 7.58. The minimum absolute atomic E-state index is 0.00666. The minimum Gasteiger partial charge on any atom is -0.481 e. The highest BCUT2D eigenvalue weighted by Gasteiger charge is 2.72. The smallest absolute Gasteiger partial charge is 0.416 e. The second-order valence-corrected chi connectivity index (χ2v) is 10.3. The number of carbonyl (C=O) groups excluding carboxylic acids is 1. The van der Waals surface area contributed by atoms with Crippen molar-refractivity contribution in [1.82, 2.24) is 20.3 Å². The number of hydrogen-bond donors (Lipinski definition) is 2. The maximum atomic E-state index is 14.0. The van der Waals surface area contributed by atoms with Gasteiger partial charge in [-0.1, -0.05) is 23.4 Å². The van der Waals surface area contributed by atoms with Crippen LogP contribution in [0.3, 0.4) is 0 Å². The lowest BCUT2D eigenvalue weighted by Gasteiger charge is -2.67. The van der Waals surface area contributed by atoms with Gasteiger partial charge in [0, 0.05) is 5.54 Å². The van der Waals surface area contributed by atoms with Crippen LogP contribution < -0.4 is 5.32 Å². The lowest BCUT2D eigenvalue weighted by atomic mass is 9.39. The molecule has 7 rings (SSSR count). The third-order valence-corrected chi connectivity index (χ3v) is 7.58. The highest BCUT2D eigenvalue weighted by molar-refractivity contribution is 6.07. The van der Waals surface area contributed by atoms with Crippen molar-refractivity contribution in [1.29, 1.82) is 0 Å². The number of fused-ring (bicyclic) bond motifs is 1. The number of aliphatic carboxylic acids is 1. The number of halogens is 5. The molecule has 0 saturated heterocycles. The Labute approximate surface area is 217 Å². The van der Waals surface area contributed by atoms with Crippen LogP contribution in [0.5, 0.6) is 0 Å². The molecule has 0 atom stereocenters. The fourth-order valence-electron chi connectivity index (χ4n) is 5.67. The van der Waals surface area contributed by atoms with E-state index in [1.165, 1.54) is 28.9 Å². The summed E-state index contributed by atoms with van der Waals surface area (Å²) in [6.07, 6.45) is -3.58. The van der Waals surface area contributed by atoms with Gasteiger partial charge in [-0.2, -0.15) is 13.2 Å². The number of carbonyl (C=O) groups is 2. The van der Waals surface area contributed by atoms with Gasteiger partial charge in [-0.25, -0.2) is 13.5 Å². The number of rotatable bonds is 6.